The largest absolute Gasteiger partial charge is 0.325 e. The molecule has 0 saturated heterocycles. The second-order valence-electron chi connectivity index (χ2n) is 6.63. The van der Waals surface area contributed by atoms with E-state index in [9.17, 15) is 4.79 Å². The summed E-state index contributed by atoms with van der Waals surface area (Å²) in [7, 11) is 0. The van der Waals surface area contributed by atoms with Crippen LogP contribution < -0.4 is 5.48 Å². The summed E-state index contributed by atoms with van der Waals surface area (Å²) in [4.78, 5) is 16.2. The fraction of sp³-hybridized carbons (Fsp3) is 0.182. The number of hydrogen-bond acceptors (Lipinski definition) is 3. The van der Waals surface area contributed by atoms with Gasteiger partial charge in [0.1, 0.15) is 5.82 Å². The Hall–Kier alpha value is -3.18. The number of carbonyl (C=O) groups is 1. The molecule has 1 amide bonds. The third-order valence-corrected chi connectivity index (χ3v) is 4.40. The van der Waals surface area contributed by atoms with Gasteiger partial charge in [-0.05, 0) is 38.5 Å². The van der Waals surface area contributed by atoms with E-state index in [0.717, 1.165) is 33.9 Å². The van der Waals surface area contributed by atoms with Gasteiger partial charge in [-0.25, -0.2) is 10.5 Å². The van der Waals surface area contributed by atoms with Crippen LogP contribution in [0.2, 0.25) is 0 Å². The smallest absolute Gasteiger partial charge is 0.267 e. The van der Waals surface area contributed by atoms with E-state index in [2.05, 4.69) is 37.5 Å². The molecule has 3 rings (SSSR count). The molecule has 0 aliphatic carbocycles. The number of nitrogens with zero attached hydrogens (tertiary/aromatic N) is 2. The maximum atomic E-state index is 11.2. The van der Waals surface area contributed by atoms with Crippen LogP contribution in [0.4, 0.5) is 0 Å². The molecule has 0 aliphatic heterocycles. The molecule has 0 bridgehead atoms. The molecule has 3 aromatic rings. The molecule has 0 aliphatic rings. The lowest BCUT2D eigenvalue weighted by molar-refractivity contribution is -0.124. The van der Waals surface area contributed by atoms with E-state index in [4.69, 9.17) is 10.2 Å². The molecule has 0 unspecified atom stereocenters. The summed E-state index contributed by atoms with van der Waals surface area (Å²) in [5.74, 6) is 0.328. The minimum atomic E-state index is -0.564. The Morgan fingerprint density at radius 2 is 1.81 bits per heavy atom. The number of aromatic nitrogens is 2. The van der Waals surface area contributed by atoms with Gasteiger partial charge < -0.3 is 4.57 Å². The van der Waals surface area contributed by atoms with Gasteiger partial charge in [-0.15, -0.1) is 0 Å². The summed E-state index contributed by atoms with van der Waals surface area (Å²) < 4.78 is 2.23. The average Bonchev–Trinajstić information content (AvgIpc) is 3.04. The van der Waals surface area contributed by atoms with Crippen molar-refractivity contribution in [1.82, 2.24) is 15.0 Å². The third kappa shape index (κ3) is 3.99. The Kier molecular flexibility index (Phi) is 5.52. The molecular formula is C22H23N3O2. The fourth-order valence-corrected chi connectivity index (χ4v) is 3.21. The van der Waals surface area contributed by atoms with Crippen LogP contribution in [-0.4, -0.2) is 20.7 Å². The predicted molar refractivity (Wildman–Crippen MR) is 107 cm³/mol. The van der Waals surface area contributed by atoms with E-state index in [-0.39, 0.29) is 6.04 Å². The topological polar surface area (TPSA) is 67.2 Å². The lowest BCUT2D eigenvalue weighted by Crippen LogP contribution is -2.14. The van der Waals surface area contributed by atoms with E-state index in [1.54, 1.807) is 11.6 Å². The molecule has 0 radical (unpaired) electrons. The van der Waals surface area contributed by atoms with Crippen molar-refractivity contribution < 1.29 is 10.0 Å². The Balaban J connectivity index is 2.09. The quantitative estimate of drug-likeness (QED) is 0.396. The third-order valence-electron chi connectivity index (χ3n) is 4.40. The molecule has 2 N–H and O–H groups in total. The van der Waals surface area contributed by atoms with Crippen LogP contribution in [0, 0.1) is 6.92 Å². The highest BCUT2D eigenvalue weighted by Crippen LogP contribution is 2.31. The van der Waals surface area contributed by atoms with E-state index in [1.807, 2.05) is 42.5 Å². The molecule has 5 heteroatoms. The summed E-state index contributed by atoms with van der Waals surface area (Å²) in [5, 5.41) is 8.62. The van der Waals surface area contributed by atoms with Gasteiger partial charge in [0.15, 0.2) is 0 Å². The standard InChI is InChI=1S/C22H23N3O2/c1-15(2)25-16(3)21(18-9-5-4-6-10-18)23-22(25)19-11-7-8-17(14-19)12-13-20(26)24-27/h4-15,27H,1-3H3,(H,24,26). The van der Waals surface area contributed by atoms with Crippen molar-refractivity contribution in [2.75, 3.05) is 0 Å². The molecule has 2 aromatic carbocycles. The van der Waals surface area contributed by atoms with E-state index >= 15 is 0 Å². The van der Waals surface area contributed by atoms with Crippen LogP contribution in [0.5, 0.6) is 0 Å². The van der Waals surface area contributed by atoms with Gasteiger partial charge in [-0.2, -0.15) is 0 Å². The van der Waals surface area contributed by atoms with Crippen molar-refractivity contribution >= 4 is 12.0 Å². The fourth-order valence-electron chi connectivity index (χ4n) is 3.21. The normalized spacial score (nSPS) is 11.3. The Labute approximate surface area is 159 Å². The molecule has 0 atom stereocenters. The average molecular weight is 361 g/mol. The number of benzene rings is 2. The van der Waals surface area contributed by atoms with Crippen LogP contribution in [0.15, 0.2) is 60.7 Å². The van der Waals surface area contributed by atoms with Gasteiger partial charge in [-0.3, -0.25) is 10.0 Å². The van der Waals surface area contributed by atoms with Gasteiger partial charge in [0.25, 0.3) is 5.91 Å². The van der Waals surface area contributed by atoms with Crippen molar-refractivity contribution in [2.24, 2.45) is 0 Å². The highest BCUT2D eigenvalue weighted by Gasteiger charge is 2.18. The lowest BCUT2D eigenvalue weighted by Gasteiger charge is -2.14. The molecule has 27 heavy (non-hydrogen) atoms. The molecule has 0 fully saturated rings. The highest BCUT2D eigenvalue weighted by atomic mass is 16.5. The van der Waals surface area contributed by atoms with Crippen LogP contribution in [0.25, 0.3) is 28.7 Å². The number of nitrogens with one attached hydrogen (secondary N) is 1. The summed E-state index contributed by atoms with van der Waals surface area (Å²) in [6.45, 7) is 6.37. The summed E-state index contributed by atoms with van der Waals surface area (Å²) in [6.07, 6.45) is 2.94. The lowest BCUT2D eigenvalue weighted by atomic mass is 10.1. The van der Waals surface area contributed by atoms with Gasteiger partial charge in [0.05, 0.1) is 5.69 Å². The van der Waals surface area contributed by atoms with E-state index in [0.29, 0.717) is 0 Å². The maximum absolute atomic E-state index is 11.2. The molecule has 5 nitrogen and oxygen atoms in total. The summed E-state index contributed by atoms with van der Waals surface area (Å²) in [5.41, 5.74) is 6.60. The Bertz CT molecular complexity index is 972. The molecule has 1 heterocycles. The van der Waals surface area contributed by atoms with Gasteiger partial charge >= 0.3 is 0 Å². The molecule has 0 saturated carbocycles. The van der Waals surface area contributed by atoms with E-state index in [1.165, 1.54) is 6.08 Å². The summed E-state index contributed by atoms with van der Waals surface area (Å²) >= 11 is 0. The minimum Gasteiger partial charge on any atom is -0.325 e. The molecule has 138 valence electrons. The summed E-state index contributed by atoms with van der Waals surface area (Å²) in [6, 6.07) is 18.2. The SMILES string of the molecule is Cc1c(-c2ccccc2)nc(-c2cccc(C=CC(=O)NO)c2)n1C(C)C. The van der Waals surface area contributed by atoms with Crippen molar-refractivity contribution in [2.45, 2.75) is 26.8 Å². The predicted octanol–water partition coefficient (Wildman–Crippen LogP) is 4.63. The van der Waals surface area contributed by atoms with Crippen molar-refractivity contribution in [3.8, 4) is 22.6 Å². The Morgan fingerprint density at radius 1 is 1.11 bits per heavy atom. The number of carbonyl (C=O) groups excluding carboxylic acids is 1. The van der Waals surface area contributed by atoms with Crippen molar-refractivity contribution in [3.05, 3.63) is 71.9 Å². The zero-order valence-electron chi connectivity index (χ0n) is 15.7. The highest BCUT2D eigenvalue weighted by molar-refractivity contribution is 5.91. The van der Waals surface area contributed by atoms with Gasteiger partial charge in [0, 0.05) is 28.9 Å². The van der Waals surface area contributed by atoms with E-state index < -0.39 is 5.91 Å². The second kappa shape index (κ2) is 8.01. The maximum Gasteiger partial charge on any atom is 0.267 e. The number of hydroxylamine groups is 1. The molecular weight excluding hydrogens is 338 g/mol. The number of rotatable bonds is 5. The number of imidazole rings is 1. The monoisotopic (exact) mass is 361 g/mol. The number of amides is 1. The van der Waals surface area contributed by atoms with Crippen LogP contribution in [0.1, 0.15) is 31.1 Å². The first-order valence-corrected chi connectivity index (χ1v) is 8.88. The zero-order valence-corrected chi connectivity index (χ0v) is 15.7. The first-order chi connectivity index (χ1) is 13.0. The Morgan fingerprint density at radius 3 is 2.48 bits per heavy atom. The van der Waals surface area contributed by atoms with Gasteiger partial charge in [-0.1, -0.05) is 48.5 Å². The zero-order chi connectivity index (χ0) is 19.4. The minimum absolute atomic E-state index is 0.254. The van der Waals surface area contributed by atoms with Crippen molar-refractivity contribution in [1.29, 1.82) is 0 Å². The molecule has 0 spiro atoms. The number of hydrogen-bond donors (Lipinski definition) is 2. The van der Waals surface area contributed by atoms with Crippen LogP contribution in [0.3, 0.4) is 0 Å². The van der Waals surface area contributed by atoms with Crippen LogP contribution >= 0.6 is 0 Å². The first-order valence-electron chi connectivity index (χ1n) is 8.88. The first kappa shape index (κ1) is 18.6. The molecule has 1 aromatic heterocycles. The van der Waals surface area contributed by atoms with Crippen LogP contribution in [-0.2, 0) is 4.79 Å². The second-order valence-corrected chi connectivity index (χ2v) is 6.63. The van der Waals surface area contributed by atoms with Crippen molar-refractivity contribution in [3.63, 3.8) is 0 Å². The van der Waals surface area contributed by atoms with Gasteiger partial charge in [0.2, 0.25) is 0 Å².